The highest BCUT2D eigenvalue weighted by Gasteiger charge is 2.13. The van der Waals surface area contributed by atoms with Crippen LogP contribution in [0, 0.1) is 21.4 Å². The van der Waals surface area contributed by atoms with Crippen molar-refractivity contribution in [3.8, 4) is 6.07 Å². The number of rotatable bonds is 6. The molecule has 1 aromatic heterocycles. The highest BCUT2D eigenvalue weighted by Crippen LogP contribution is 2.25. The number of non-ortho nitro benzene ring substituents is 1. The molecule has 1 aromatic carbocycles. The summed E-state index contributed by atoms with van der Waals surface area (Å²) < 4.78 is 5.30. The molecule has 0 unspecified atom stereocenters. The third-order valence-electron chi connectivity index (χ3n) is 3.28. The first-order chi connectivity index (χ1) is 10.6. The van der Waals surface area contributed by atoms with Crippen molar-refractivity contribution in [2.24, 2.45) is 0 Å². The zero-order valence-corrected chi connectivity index (χ0v) is 12.4. The van der Waals surface area contributed by atoms with Gasteiger partial charge in [-0.05, 0) is 19.1 Å². The van der Waals surface area contributed by atoms with Gasteiger partial charge in [0.1, 0.15) is 5.82 Å². The minimum absolute atomic E-state index is 0.0525. The number of pyridine rings is 1. The third-order valence-corrected chi connectivity index (χ3v) is 3.28. The Morgan fingerprint density at radius 1 is 1.45 bits per heavy atom. The minimum atomic E-state index is -0.483. The Balaban J connectivity index is 2.41. The van der Waals surface area contributed by atoms with Crippen LogP contribution in [0.3, 0.4) is 0 Å². The van der Waals surface area contributed by atoms with Gasteiger partial charge in [0.15, 0.2) is 0 Å². The highest BCUT2D eigenvalue weighted by atomic mass is 16.6. The molecule has 7 nitrogen and oxygen atoms in total. The smallest absolute Gasteiger partial charge is 0.270 e. The monoisotopic (exact) mass is 300 g/mol. The molecule has 2 aromatic rings. The van der Waals surface area contributed by atoms with E-state index in [0.717, 1.165) is 0 Å². The number of nitriles is 1. The van der Waals surface area contributed by atoms with Crippen LogP contribution in [-0.4, -0.2) is 36.7 Å². The molecule has 22 heavy (non-hydrogen) atoms. The summed E-state index contributed by atoms with van der Waals surface area (Å²) in [7, 11) is 1.86. The third kappa shape index (κ3) is 3.30. The lowest BCUT2D eigenvalue weighted by Crippen LogP contribution is -2.23. The van der Waals surface area contributed by atoms with E-state index >= 15 is 0 Å². The molecule has 1 heterocycles. The number of hydrogen-bond donors (Lipinski definition) is 0. The van der Waals surface area contributed by atoms with Crippen LogP contribution in [0.1, 0.15) is 12.5 Å². The number of nitro groups is 1. The van der Waals surface area contributed by atoms with Gasteiger partial charge in [-0.2, -0.15) is 5.26 Å². The second-order valence-corrected chi connectivity index (χ2v) is 4.72. The van der Waals surface area contributed by atoms with Gasteiger partial charge in [-0.3, -0.25) is 10.1 Å². The molecule has 0 bridgehead atoms. The predicted octanol–water partition coefficient (Wildman–Crippen LogP) is 2.49. The van der Waals surface area contributed by atoms with Crippen molar-refractivity contribution < 1.29 is 9.66 Å². The van der Waals surface area contributed by atoms with E-state index in [0.29, 0.717) is 42.0 Å². The number of benzene rings is 1. The van der Waals surface area contributed by atoms with Crippen molar-refractivity contribution in [2.45, 2.75) is 6.92 Å². The van der Waals surface area contributed by atoms with Gasteiger partial charge < -0.3 is 9.64 Å². The molecule has 114 valence electrons. The summed E-state index contributed by atoms with van der Waals surface area (Å²) in [5.41, 5.74) is 0.873. The van der Waals surface area contributed by atoms with E-state index in [1.54, 1.807) is 12.1 Å². The average molecular weight is 300 g/mol. The second kappa shape index (κ2) is 6.83. The van der Waals surface area contributed by atoms with Crippen LogP contribution in [0.4, 0.5) is 11.5 Å². The normalized spacial score (nSPS) is 10.4. The average Bonchev–Trinajstić information content (AvgIpc) is 2.53. The SMILES string of the molecule is CCOCCN(C)c1cc(C#N)c2cc([N+](=O)[O-])ccc2n1. The number of likely N-dealkylation sites (N-methyl/N-ethyl adjacent to an activating group) is 1. The van der Waals surface area contributed by atoms with Crippen molar-refractivity contribution in [3.63, 3.8) is 0 Å². The Labute approximate surface area is 127 Å². The van der Waals surface area contributed by atoms with Gasteiger partial charge in [-0.25, -0.2) is 4.98 Å². The van der Waals surface area contributed by atoms with Gasteiger partial charge >= 0.3 is 0 Å². The van der Waals surface area contributed by atoms with E-state index in [9.17, 15) is 15.4 Å². The van der Waals surface area contributed by atoms with Crippen molar-refractivity contribution in [1.82, 2.24) is 4.98 Å². The minimum Gasteiger partial charge on any atom is -0.380 e. The predicted molar refractivity (Wildman–Crippen MR) is 82.9 cm³/mol. The Kier molecular flexibility index (Phi) is 4.86. The second-order valence-electron chi connectivity index (χ2n) is 4.72. The van der Waals surface area contributed by atoms with Crippen LogP contribution >= 0.6 is 0 Å². The molecule has 0 radical (unpaired) electrons. The Bertz CT molecular complexity index is 739. The number of ether oxygens (including phenoxy) is 1. The molecule has 0 amide bonds. The first-order valence-corrected chi connectivity index (χ1v) is 6.85. The van der Waals surface area contributed by atoms with E-state index in [2.05, 4.69) is 11.1 Å². The highest BCUT2D eigenvalue weighted by molar-refractivity contribution is 5.88. The van der Waals surface area contributed by atoms with E-state index < -0.39 is 4.92 Å². The molecule has 0 spiro atoms. The van der Waals surface area contributed by atoms with Gasteiger partial charge in [0.05, 0.1) is 28.7 Å². The molecule has 0 fully saturated rings. The molecule has 0 N–H and O–H groups in total. The van der Waals surface area contributed by atoms with E-state index in [1.807, 2.05) is 18.9 Å². The van der Waals surface area contributed by atoms with Crippen LogP contribution in [-0.2, 0) is 4.74 Å². The maximum atomic E-state index is 10.8. The summed E-state index contributed by atoms with van der Waals surface area (Å²) in [4.78, 5) is 16.7. The van der Waals surface area contributed by atoms with Gasteiger partial charge in [-0.1, -0.05) is 0 Å². The molecular weight excluding hydrogens is 284 g/mol. The van der Waals surface area contributed by atoms with Crippen molar-refractivity contribution in [3.05, 3.63) is 39.9 Å². The molecule has 7 heteroatoms. The van der Waals surface area contributed by atoms with E-state index in [1.165, 1.54) is 12.1 Å². The van der Waals surface area contributed by atoms with Gasteiger partial charge in [0.25, 0.3) is 5.69 Å². The fraction of sp³-hybridized carbons (Fsp3) is 0.333. The summed E-state index contributed by atoms with van der Waals surface area (Å²) in [5.74, 6) is 0.637. The molecule has 0 atom stereocenters. The van der Waals surface area contributed by atoms with Crippen molar-refractivity contribution in [1.29, 1.82) is 5.26 Å². The van der Waals surface area contributed by atoms with Crippen LogP contribution in [0.5, 0.6) is 0 Å². The van der Waals surface area contributed by atoms with Crippen LogP contribution < -0.4 is 4.90 Å². The number of hydrogen-bond acceptors (Lipinski definition) is 6. The van der Waals surface area contributed by atoms with Crippen LogP contribution in [0.2, 0.25) is 0 Å². The van der Waals surface area contributed by atoms with Crippen LogP contribution in [0.25, 0.3) is 10.9 Å². The van der Waals surface area contributed by atoms with E-state index in [4.69, 9.17) is 4.74 Å². The topological polar surface area (TPSA) is 92.3 Å². The van der Waals surface area contributed by atoms with Gasteiger partial charge in [0.2, 0.25) is 0 Å². The fourth-order valence-corrected chi connectivity index (χ4v) is 2.06. The standard InChI is InChI=1S/C15H16N4O3/c1-3-22-7-6-18(2)15-8-11(10-16)13-9-12(19(20)21)4-5-14(13)17-15/h4-5,8-9H,3,6-7H2,1-2H3. The number of anilines is 1. The summed E-state index contributed by atoms with van der Waals surface area (Å²) in [6.45, 7) is 3.78. The molecule has 0 saturated carbocycles. The maximum Gasteiger partial charge on any atom is 0.270 e. The molecule has 0 aliphatic heterocycles. The zero-order valence-electron chi connectivity index (χ0n) is 12.4. The Hall–Kier alpha value is -2.72. The van der Waals surface area contributed by atoms with Crippen molar-refractivity contribution in [2.75, 3.05) is 31.7 Å². The number of nitrogens with zero attached hydrogens (tertiary/aromatic N) is 4. The number of nitro benzene ring substituents is 1. The van der Waals surface area contributed by atoms with Gasteiger partial charge in [-0.15, -0.1) is 0 Å². The van der Waals surface area contributed by atoms with Crippen molar-refractivity contribution >= 4 is 22.4 Å². The molecule has 0 aliphatic carbocycles. The number of fused-ring (bicyclic) bond motifs is 1. The van der Waals surface area contributed by atoms with E-state index in [-0.39, 0.29) is 5.69 Å². The maximum absolute atomic E-state index is 10.8. The fourth-order valence-electron chi connectivity index (χ4n) is 2.06. The number of aromatic nitrogens is 1. The Morgan fingerprint density at radius 3 is 2.86 bits per heavy atom. The lowest BCUT2D eigenvalue weighted by atomic mass is 10.1. The first kappa shape index (κ1) is 15.7. The zero-order chi connectivity index (χ0) is 16.1. The lowest BCUT2D eigenvalue weighted by molar-refractivity contribution is -0.384. The summed E-state index contributed by atoms with van der Waals surface area (Å²) in [6, 6.07) is 8.05. The summed E-state index contributed by atoms with van der Waals surface area (Å²) in [5, 5.41) is 20.6. The van der Waals surface area contributed by atoms with Gasteiger partial charge in [0, 0.05) is 37.7 Å². The first-order valence-electron chi connectivity index (χ1n) is 6.85. The quantitative estimate of drug-likeness (QED) is 0.462. The largest absolute Gasteiger partial charge is 0.380 e. The van der Waals surface area contributed by atoms with Crippen LogP contribution in [0.15, 0.2) is 24.3 Å². The molecule has 0 saturated heterocycles. The molecular formula is C15H16N4O3. The summed E-state index contributed by atoms with van der Waals surface area (Å²) >= 11 is 0. The molecule has 0 aliphatic rings. The lowest BCUT2D eigenvalue weighted by Gasteiger charge is -2.18. The summed E-state index contributed by atoms with van der Waals surface area (Å²) in [6.07, 6.45) is 0. The Morgan fingerprint density at radius 2 is 2.23 bits per heavy atom. The molecule has 2 rings (SSSR count).